The third-order valence-corrected chi connectivity index (χ3v) is 2.62. The molecule has 1 aromatic rings. The van der Waals surface area contributed by atoms with E-state index in [9.17, 15) is 4.79 Å². The summed E-state index contributed by atoms with van der Waals surface area (Å²) in [5.74, 6) is 0.0231. The maximum absolute atomic E-state index is 12.0. The number of hydrogen-bond acceptors (Lipinski definition) is 5. The van der Waals surface area contributed by atoms with E-state index in [2.05, 4.69) is 15.5 Å². The van der Waals surface area contributed by atoms with Gasteiger partial charge in [0.25, 0.3) is 0 Å². The summed E-state index contributed by atoms with van der Waals surface area (Å²) in [5, 5.41) is 10.7. The van der Waals surface area contributed by atoms with Gasteiger partial charge < -0.3 is 9.64 Å². The molecule has 0 unspecified atom stereocenters. The largest absolute Gasteiger partial charge is 0.375 e. The smallest absolute Gasteiger partial charge is 0.244 e. The van der Waals surface area contributed by atoms with E-state index in [4.69, 9.17) is 4.74 Å². The average Bonchev–Trinajstić information content (AvgIpc) is 2.74. The van der Waals surface area contributed by atoms with Crippen LogP contribution in [0.4, 0.5) is 0 Å². The lowest BCUT2D eigenvalue weighted by molar-refractivity contribution is -0.144. The molecule has 1 fully saturated rings. The van der Waals surface area contributed by atoms with Crippen molar-refractivity contribution in [1.29, 1.82) is 0 Å². The van der Waals surface area contributed by atoms with Crippen LogP contribution in [-0.2, 0) is 16.1 Å². The minimum Gasteiger partial charge on any atom is -0.375 e. The highest BCUT2D eigenvalue weighted by molar-refractivity contribution is 5.76. The van der Waals surface area contributed by atoms with Crippen molar-refractivity contribution < 1.29 is 9.53 Å². The Morgan fingerprint density at radius 1 is 1.56 bits per heavy atom. The Hall–Kier alpha value is -1.50. The molecule has 0 aliphatic carbocycles. The highest BCUT2D eigenvalue weighted by Crippen LogP contribution is 2.11. The average molecular weight is 225 g/mol. The fourth-order valence-electron chi connectivity index (χ4n) is 1.73. The van der Waals surface area contributed by atoms with Crippen LogP contribution in [0, 0.1) is 0 Å². The first-order chi connectivity index (χ1) is 7.66. The summed E-state index contributed by atoms with van der Waals surface area (Å²) in [6.45, 7) is 5.33. The molecule has 7 nitrogen and oxygen atoms in total. The number of tetrazole rings is 1. The summed E-state index contributed by atoms with van der Waals surface area (Å²) in [6.07, 6.45) is 1.53. The predicted octanol–water partition coefficient (Wildman–Crippen LogP) is -0.691. The Morgan fingerprint density at radius 3 is 3.06 bits per heavy atom. The van der Waals surface area contributed by atoms with E-state index < -0.39 is 0 Å². The number of carbonyl (C=O) groups is 1. The van der Waals surface area contributed by atoms with Crippen LogP contribution >= 0.6 is 0 Å². The number of hydrogen-bond donors (Lipinski definition) is 0. The zero-order valence-corrected chi connectivity index (χ0v) is 9.41. The van der Waals surface area contributed by atoms with Gasteiger partial charge >= 0.3 is 0 Å². The van der Waals surface area contributed by atoms with Crippen LogP contribution in [0.15, 0.2) is 6.33 Å². The number of rotatable bonds is 2. The summed E-state index contributed by atoms with van der Waals surface area (Å²) in [5.41, 5.74) is 0. The van der Waals surface area contributed by atoms with Crippen molar-refractivity contribution in [3.63, 3.8) is 0 Å². The predicted molar refractivity (Wildman–Crippen MR) is 54.4 cm³/mol. The molecule has 1 aliphatic heterocycles. The van der Waals surface area contributed by atoms with E-state index in [-0.39, 0.29) is 24.6 Å². The van der Waals surface area contributed by atoms with Crippen LogP contribution in [-0.4, -0.2) is 56.3 Å². The first-order valence-electron chi connectivity index (χ1n) is 5.28. The number of ether oxygens (including phenoxy) is 1. The Morgan fingerprint density at radius 2 is 2.38 bits per heavy atom. The van der Waals surface area contributed by atoms with Crippen LogP contribution in [0.1, 0.15) is 13.8 Å². The van der Waals surface area contributed by atoms with E-state index in [0.717, 1.165) is 0 Å². The second-order valence-electron chi connectivity index (χ2n) is 4.05. The molecule has 16 heavy (non-hydrogen) atoms. The van der Waals surface area contributed by atoms with Gasteiger partial charge in [0.2, 0.25) is 5.91 Å². The van der Waals surface area contributed by atoms with Gasteiger partial charge in [-0.05, 0) is 24.3 Å². The van der Waals surface area contributed by atoms with Gasteiger partial charge in [-0.25, -0.2) is 4.68 Å². The van der Waals surface area contributed by atoms with Crippen molar-refractivity contribution in [2.45, 2.75) is 32.5 Å². The summed E-state index contributed by atoms with van der Waals surface area (Å²) >= 11 is 0. The molecule has 0 spiro atoms. The number of amides is 1. The highest BCUT2D eigenvalue weighted by Gasteiger charge is 2.27. The van der Waals surface area contributed by atoms with Gasteiger partial charge in [0.05, 0.1) is 18.8 Å². The minimum absolute atomic E-state index is 0.0231. The Bertz CT molecular complexity index is 353. The third-order valence-electron chi connectivity index (χ3n) is 2.62. The molecule has 1 aromatic heterocycles. The van der Waals surface area contributed by atoms with Crippen molar-refractivity contribution in [2.75, 3.05) is 13.2 Å². The summed E-state index contributed by atoms with van der Waals surface area (Å²) in [7, 11) is 0. The van der Waals surface area contributed by atoms with Gasteiger partial charge in [-0.1, -0.05) is 0 Å². The molecule has 0 radical (unpaired) electrons. The monoisotopic (exact) mass is 225 g/mol. The molecular formula is C9H15N5O2. The Balaban J connectivity index is 1.97. The molecule has 2 atom stereocenters. The maximum atomic E-state index is 12.0. The molecule has 0 N–H and O–H groups in total. The lowest BCUT2D eigenvalue weighted by atomic mass is 10.2. The van der Waals surface area contributed by atoms with Crippen LogP contribution in [0.5, 0.6) is 0 Å². The summed E-state index contributed by atoms with van der Waals surface area (Å²) < 4.78 is 6.89. The number of carbonyl (C=O) groups excluding carboxylic acids is 1. The van der Waals surface area contributed by atoms with Crippen molar-refractivity contribution in [3.05, 3.63) is 6.33 Å². The number of morpholine rings is 1. The normalized spacial score (nSPS) is 25.8. The number of aromatic nitrogens is 4. The quantitative estimate of drug-likeness (QED) is 0.666. The van der Waals surface area contributed by atoms with Crippen LogP contribution in [0.3, 0.4) is 0 Å². The Labute approximate surface area is 93.4 Å². The molecule has 0 saturated carbocycles. The SMILES string of the molecule is C[C@H]1CN(C(=O)Cn2cnnn2)[C@@H](C)CO1. The fourth-order valence-corrected chi connectivity index (χ4v) is 1.73. The van der Waals surface area contributed by atoms with E-state index in [1.165, 1.54) is 11.0 Å². The van der Waals surface area contributed by atoms with Gasteiger partial charge in [0, 0.05) is 6.54 Å². The standard InChI is InChI=1S/C9H15N5O2/c1-7-5-16-8(2)3-14(7)9(15)4-13-6-10-11-12-13/h6-8H,3-5H2,1-2H3/t7-,8-/m0/s1. The third kappa shape index (κ3) is 2.35. The van der Waals surface area contributed by atoms with Gasteiger partial charge in [0.15, 0.2) is 0 Å². The summed E-state index contributed by atoms with van der Waals surface area (Å²) in [4.78, 5) is 13.8. The molecule has 0 aromatic carbocycles. The lowest BCUT2D eigenvalue weighted by Crippen LogP contribution is -2.51. The van der Waals surface area contributed by atoms with E-state index in [1.807, 2.05) is 18.7 Å². The van der Waals surface area contributed by atoms with Gasteiger partial charge in [-0.3, -0.25) is 4.79 Å². The van der Waals surface area contributed by atoms with Gasteiger partial charge in [0.1, 0.15) is 12.9 Å². The van der Waals surface area contributed by atoms with E-state index in [1.54, 1.807) is 0 Å². The zero-order chi connectivity index (χ0) is 11.5. The van der Waals surface area contributed by atoms with Gasteiger partial charge in [-0.2, -0.15) is 0 Å². The fraction of sp³-hybridized carbons (Fsp3) is 0.778. The van der Waals surface area contributed by atoms with Gasteiger partial charge in [-0.15, -0.1) is 5.10 Å². The van der Waals surface area contributed by atoms with Crippen LogP contribution in [0.2, 0.25) is 0 Å². The first-order valence-corrected chi connectivity index (χ1v) is 5.28. The van der Waals surface area contributed by atoms with Crippen molar-refractivity contribution in [3.8, 4) is 0 Å². The first kappa shape index (κ1) is 11.0. The molecule has 1 aliphatic rings. The molecule has 1 saturated heterocycles. The molecular weight excluding hydrogens is 210 g/mol. The Kier molecular flexibility index (Phi) is 3.14. The molecule has 0 bridgehead atoms. The lowest BCUT2D eigenvalue weighted by Gasteiger charge is -2.36. The zero-order valence-electron chi connectivity index (χ0n) is 9.41. The molecule has 2 heterocycles. The van der Waals surface area contributed by atoms with Crippen molar-refractivity contribution in [1.82, 2.24) is 25.1 Å². The van der Waals surface area contributed by atoms with Crippen molar-refractivity contribution >= 4 is 5.91 Å². The molecule has 7 heteroatoms. The van der Waals surface area contributed by atoms with E-state index in [0.29, 0.717) is 13.2 Å². The molecule has 88 valence electrons. The molecule has 2 rings (SSSR count). The molecule has 1 amide bonds. The van der Waals surface area contributed by atoms with Crippen LogP contribution in [0.25, 0.3) is 0 Å². The second-order valence-corrected chi connectivity index (χ2v) is 4.05. The summed E-state index contributed by atoms with van der Waals surface area (Å²) in [6, 6.07) is 0.111. The van der Waals surface area contributed by atoms with E-state index >= 15 is 0 Å². The van der Waals surface area contributed by atoms with Crippen LogP contribution < -0.4 is 0 Å². The van der Waals surface area contributed by atoms with Crippen molar-refractivity contribution in [2.24, 2.45) is 0 Å². The minimum atomic E-state index is 0.0231. The number of nitrogens with zero attached hydrogens (tertiary/aromatic N) is 5. The second kappa shape index (κ2) is 4.56. The highest BCUT2D eigenvalue weighted by atomic mass is 16.5. The maximum Gasteiger partial charge on any atom is 0.244 e. The topological polar surface area (TPSA) is 73.1 Å².